The molecular formula is C21H29N3O2. The Kier molecular flexibility index (Phi) is 6.22. The van der Waals surface area contributed by atoms with Crippen LogP contribution in [0.4, 0.5) is 0 Å². The number of hydrogen-bond donors (Lipinski definition) is 1. The molecule has 0 radical (unpaired) electrons. The molecule has 2 heterocycles. The maximum Gasteiger partial charge on any atom is 0.252 e. The van der Waals surface area contributed by atoms with Crippen molar-refractivity contribution in [3.63, 3.8) is 0 Å². The number of hydrogen-bond acceptors (Lipinski definition) is 4. The molecule has 0 saturated heterocycles. The molecule has 5 nitrogen and oxygen atoms in total. The average molecular weight is 355 g/mol. The van der Waals surface area contributed by atoms with Gasteiger partial charge in [-0.2, -0.15) is 0 Å². The van der Waals surface area contributed by atoms with Gasteiger partial charge in [-0.1, -0.05) is 25.1 Å². The van der Waals surface area contributed by atoms with Gasteiger partial charge in [0.2, 0.25) is 0 Å². The maximum atomic E-state index is 13.0. The molecule has 26 heavy (non-hydrogen) atoms. The van der Waals surface area contributed by atoms with E-state index in [0.717, 1.165) is 60.2 Å². The van der Waals surface area contributed by atoms with Crippen LogP contribution in [0.3, 0.4) is 0 Å². The number of nitrogens with one attached hydrogen (secondary N) is 1. The molecule has 0 aliphatic carbocycles. The topological polar surface area (TPSA) is 54.5 Å². The first kappa shape index (κ1) is 18.8. The third kappa shape index (κ3) is 4.22. The van der Waals surface area contributed by atoms with E-state index in [9.17, 15) is 4.79 Å². The number of rotatable bonds is 7. The highest BCUT2D eigenvalue weighted by Gasteiger charge is 2.24. The molecule has 0 spiro atoms. The molecule has 0 bridgehead atoms. The first-order valence-electron chi connectivity index (χ1n) is 9.62. The van der Waals surface area contributed by atoms with Gasteiger partial charge in [0.15, 0.2) is 0 Å². The van der Waals surface area contributed by atoms with Gasteiger partial charge in [0.05, 0.1) is 17.2 Å². The van der Waals surface area contributed by atoms with E-state index in [1.807, 2.05) is 38.1 Å². The van der Waals surface area contributed by atoms with Gasteiger partial charge in [-0.3, -0.25) is 14.7 Å². The van der Waals surface area contributed by atoms with Crippen molar-refractivity contribution < 1.29 is 9.53 Å². The molecule has 1 aliphatic rings. The summed E-state index contributed by atoms with van der Waals surface area (Å²) < 4.78 is 5.55. The van der Waals surface area contributed by atoms with Crippen LogP contribution in [0.25, 0.3) is 10.9 Å². The van der Waals surface area contributed by atoms with Crippen LogP contribution >= 0.6 is 0 Å². The van der Waals surface area contributed by atoms with Crippen molar-refractivity contribution in [1.82, 2.24) is 15.2 Å². The number of benzene rings is 1. The minimum absolute atomic E-state index is 0.00218. The van der Waals surface area contributed by atoms with E-state index in [4.69, 9.17) is 9.72 Å². The molecule has 1 N–H and O–H groups in total. The SMILES string of the molecule is CCN1CCc2nc3ccccc3c(C(=O)NCCCOC(C)C)c2C1. The Hall–Kier alpha value is -1.98. The minimum Gasteiger partial charge on any atom is -0.379 e. The standard InChI is InChI=1S/C21H29N3O2/c1-4-24-12-10-19-17(14-24)20(16-8-5-6-9-18(16)23-19)21(25)22-11-7-13-26-15(2)3/h5-6,8-9,15H,4,7,10-14H2,1-3H3,(H,22,25). The van der Waals surface area contributed by atoms with Crippen molar-refractivity contribution in [2.45, 2.75) is 46.3 Å². The molecular weight excluding hydrogens is 326 g/mol. The van der Waals surface area contributed by atoms with Crippen molar-refractivity contribution in [3.8, 4) is 0 Å². The third-order valence-electron chi connectivity index (χ3n) is 4.86. The zero-order valence-electron chi connectivity index (χ0n) is 16.0. The number of aromatic nitrogens is 1. The van der Waals surface area contributed by atoms with Crippen molar-refractivity contribution in [3.05, 3.63) is 41.1 Å². The first-order valence-corrected chi connectivity index (χ1v) is 9.62. The Labute approximate surface area is 155 Å². The lowest BCUT2D eigenvalue weighted by Gasteiger charge is -2.29. The van der Waals surface area contributed by atoms with Gasteiger partial charge in [0.25, 0.3) is 5.91 Å². The van der Waals surface area contributed by atoms with Crippen LogP contribution in [-0.4, -0.2) is 48.1 Å². The van der Waals surface area contributed by atoms with Gasteiger partial charge in [-0.25, -0.2) is 0 Å². The summed E-state index contributed by atoms with van der Waals surface area (Å²) in [4.78, 5) is 20.2. The summed E-state index contributed by atoms with van der Waals surface area (Å²) in [5.41, 5.74) is 3.87. The fourth-order valence-electron chi connectivity index (χ4n) is 3.46. The number of amides is 1. The van der Waals surface area contributed by atoms with E-state index in [-0.39, 0.29) is 12.0 Å². The Morgan fingerprint density at radius 2 is 2.15 bits per heavy atom. The summed E-state index contributed by atoms with van der Waals surface area (Å²) in [6.07, 6.45) is 1.94. The Morgan fingerprint density at radius 1 is 1.35 bits per heavy atom. The molecule has 0 fully saturated rings. The lowest BCUT2D eigenvalue weighted by Crippen LogP contribution is -2.34. The first-order chi connectivity index (χ1) is 12.6. The lowest BCUT2D eigenvalue weighted by atomic mass is 9.95. The van der Waals surface area contributed by atoms with Crippen LogP contribution in [-0.2, 0) is 17.7 Å². The maximum absolute atomic E-state index is 13.0. The molecule has 1 amide bonds. The molecule has 1 aromatic carbocycles. The van der Waals surface area contributed by atoms with Crippen molar-refractivity contribution >= 4 is 16.8 Å². The van der Waals surface area contributed by atoms with Gasteiger partial charge >= 0.3 is 0 Å². The molecule has 2 aromatic rings. The fraction of sp³-hybridized carbons (Fsp3) is 0.524. The summed E-state index contributed by atoms with van der Waals surface area (Å²) in [5.74, 6) is 0.00218. The Balaban J connectivity index is 1.84. The summed E-state index contributed by atoms with van der Waals surface area (Å²) in [7, 11) is 0. The lowest BCUT2D eigenvalue weighted by molar-refractivity contribution is 0.0757. The predicted molar refractivity (Wildman–Crippen MR) is 104 cm³/mol. The van der Waals surface area contributed by atoms with Crippen molar-refractivity contribution in [2.24, 2.45) is 0 Å². The largest absolute Gasteiger partial charge is 0.379 e. The van der Waals surface area contributed by atoms with Crippen molar-refractivity contribution in [2.75, 3.05) is 26.2 Å². The Bertz CT molecular complexity index is 773. The van der Waals surface area contributed by atoms with E-state index >= 15 is 0 Å². The normalized spacial score (nSPS) is 14.6. The molecule has 0 unspecified atom stereocenters. The highest BCUT2D eigenvalue weighted by molar-refractivity contribution is 6.07. The second-order valence-corrected chi connectivity index (χ2v) is 7.08. The van der Waals surface area contributed by atoms with E-state index in [1.165, 1.54) is 0 Å². The van der Waals surface area contributed by atoms with Crippen molar-refractivity contribution in [1.29, 1.82) is 0 Å². The molecule has 1 aliphatic heterocycles. The monoisotopic (exact) mass is 355 g/mol. The van der Waals surface area contributed by atoms with Crippen LogP contribution in [0.2, 0.25) is 0 Å². The molecule has 1 aromatic heterocycles. The Morgan fingerprint density at radius 3 is 2.92 bits per heavy atom. The zero-order valence-corrected chi connectivity index (χ0v) is 16.0. The van der Waals surface area contributed by atoms with E-state index in [1.54, 1.807) is 0 Å². The second-order valence-electron chi connectivity index (χ2n) is 7.08. The van der Waals surface area contributed by atoms with Gasteiger partial charge in [-0.15, -0.1) is 0 Å². The van der Waals surface area contributed by atoms with Crippen LogP contribution < -0.4 is 5.32 Å². The summed E-state index contributed by atoms with van der Waals surface area (Å²) in [6, 6.07) is 7.96. The number of ether oxygens (including phenoxy) is 1. The third-order valence-corrected chi connectivity index (χ3v) is 4.86. The van der Waals surface area contributed by atoms with Gasteiger partial charge in [-0.05, 0) is 32.9 Å². The summed E-state index contributed by atoms with van der Waals surface area (Å²) in [5, 5.41) is 4.03. The number of para-hydroxylation sites is 1. The molecule has 0 saturated carbocycles. The number of pyridine rings is 1. The smallest absolute Gasteiger partial charge is 0.252 e. The molecule has 3 rings (SSSR count). The van der Waals surface area contributed by atoms with Crippen LogP contribution in [0.1, 0.15) is 48.8 Å². The quantitative estimate of drug-likeness (QED) is 0.775. The predicted octanol–water partition coefficient (Wildman–Crippen LogP) is 3.16. The van der Waals surface area contributed by atoms with Crippen LogP contribution in [0.15, 0.2) is 24.3 Å². The molecule has 0 atom stereocenters. The summed E-state index contributed by atoms with van der Waals surface area (Å²) >= 11 is 0. The van der Waals surface area contributed by atoms with E-state index in [2.05, 4.69) is 17.1 Å². The fourth-order valence-corrected chi connectivity index (χ4v) is 3.46. The van der Waals surface area contributed by atoms with E-state index < -0.39 is 0 Å². The number of fused-ring (bicyclic) bond motifs is 2. The number of nitrogens with zero attached hydrogens (tertiary/aromatic N) is 2. The number of carbonyl (C=O) groups is 1. The second kappa shape index (κ2) is 8.60. The minimum atomic E-state index is 0.00218. The zero-order chi connectivity index (χ0) is 18.5. The van der Waals surface area contributed by atoms with E-state index in [0.29, 0.717) is 13.2 Å². The van der Waals surface area contributed by atoms with Crippen LogP contribution in [0, 0.1) is 0 Å². The average Bonchev–Trinajstić information content (AvgIpc) is 2.64. The number of carbonyl (C=O) groups excluding carboxylic acids is 1. The number of likely N-dealkylation sites (N-methyl/N-ethyl adjacent to an activating group) is 1. The highest BCUT2D eigenvalue weighted by Crippen LogP contribution is 2.28. The van der Waals surface area contributed by atoms with Gasteiger partial charge in [0.1, 0.15) is 0 Å². The van der Waals surface area contributed by atoms with Gasteiger partial charge < -0.3 is 10.1 Å². The summed E-state index contributed by atoms with van der Waals surface area (Å²) in [6.45, 7) is 10.3. The molecule has 5 heteroatoms. The van der Waals surface area contributed by atoms with Crippen LogP contribution in [0.5, 0.6) is 0 Å². The van der Waals surface area contributed by atoms with Gasteiger partial charge in [0, 0.05) is 49.3 Å². The highest BCUT2D eigenvalue weighted by atomic mass is 16.5. The molecule has 140 valence electrons.